The molecule has 0 radical (unpaired) electrons. The van der Waals surface area contributed by atoms with Crippen molar-refractivity contribution in [2.75, 3.05) is 0 Å². The summed E-state index contributed by atoms with van der Waals surface area (Å²) < 4.78 is 5.23. The maximum atomic E-state index is 5.71. The number of aromatic nitrogens is 4. The number of nitrogens with one attached hydrogen (secondary N) is 1. The van der Waals surface area contributed by atoms with E-state index in [0.29, 0.717) is 30.5 Å². The van der Waals surface area contributed by atoms with Crippen LogP contribution in [-0.2, 0) is 13.0 Å². The molecule has 0 aliphatic carbocycles. The van der Waals surface area contributed by atoms with Crippen molar-refractivity contribution in [1.29, 1.82) is 0 Å². The van der Waals surface area contributed by atoms with Gasteiger partial charge in [-0.2, -0.15) is 4.98 Å². The Kier molecular flexibility index (Phi) is 3.07. The molecule has 3 N–H and O–H groups in total. The molecule has 0 amide bonds. The van der Waals surface area contributed by atoms with Gasteiger partial charge in [0.2, 0.25) is 11.7 Å². The second kappa shape index (κ2) is 5.03. The summed E-state index contributed by atoms with van der Waals surface area (Å²) in [4.78, 5) is 11.3. The fourth-order valence-electron chi connectivity index (χ4n) is 1.90. The molecule has 6 heteroatoms. The van der Waals surface area contributed by atoms with Crippen LogP contribution in [0.1, 0.15) is 17.0 Å². The van der Waals surface area contributed by atoms with Gasteiger partial charge < -0.3 is 15.2 Å². The van der Waals surface area contributed by atoms with Gasteiger partial charge in [0.25, 0.3) is 0 Å². The minimum Gasteiger partial charge on any atom is -0.342 e. The molecule has 0 aliphatic rings. The highest BCUT2D eigenvalue weighted by Gasteiger charge is 2.12. The van der Waals surface area contributed by atoms with Crippen LogP contribution in [0.3, 0.4) is 0 Å². The first-order chi connectivity index (χ1) is 9.36. The van der Waals surface area contributed by atoms with Crippen molar-refractivity contribution in [1.82, 2.24) is 20.1 Å². The van der Waals surface area contributed by atoms with E-state index in [-0.39, 0.29) is 0 Å². The number of hydrogen-bond acceptors (Lipinski definition) is 5. The fourth-order valence-corrected chi connectivity index (χ4v) is 1.90. The number of benzene rings is 1. The van der Waals surface area contributed by atoms with Crippen molar-refractivity contribution in [2.24, 2.45) is 5.73 Å². The quantitative estimate of drug-likeness (QED) is 0.737. The zero-order chi connectivity index (χ0) is 13.1. The van der Waals surface area contributed by atoms with Crippen molar-refractivity contribution in [3.8, 4) is 11.6 Å². The Morgan fingerprint density at radius 3 is 2.79 bits per heavy atom. The fraction of sp³-hybridized carbons (Fsp3) is 0.154. The number of H-pyrrole nitrogens is 1. The lowest BCUT2D eigenvalue weighted by Crippen LogP contribution is -2.02. The largest absolute Gasteiger partial charge is 0.342 e. The summed E-state index contributed by atoms with van der Waals surface area (Å²) in [6.07, 6.45) is 3.94. The Hall–Kier alpha value is -2.47. The van der Waals surface area contributed by atoms with E-state index in [9.17, 15) is 0 Å². The summed E-state index contributed by atoms with van der Waals surface area (Å²) in [6.45, 7) is 0.495. The van der Waals surface area contributed by atoms with Crippen LogP contribution in [0.2, 0.25) is 0 Å². The van der Waals surface area contributed by atoms with Gasteiger partial charge >= 0.3 is 0 Å². The number of nitrogens with zero attached hydrogens (tertiary/aromatic N) is 3. The average Bonchev–Trinajstić information content (AvgIpc) is 3.09. The van der Waals surface area contributed by atoms with E-state index in [1.807, 2.05) is 24.3 Å². The molecule has 19 heavy (non-hydrogen) atoms. The molecule has 0 saturated carbocycles. The van der Waals surface area contributed by atoms with E-state index >= 15 is 0 Å². The zero-order valence-corrected chi connectivity index (χ0v) is 10.2. The summed E-state index contributed by atoms with van der Waals surface area (Å²) in [7, 11) is 0. The Bertz CT molecular complexity index is 659. The van der Waals surface area contributed by atoms with Gasteiger partial charge in [-0.05, 0) is 11.1 Å². The molecule has 6 nitrogen and oxygen atoms in total. The molecule has 2 heterocycles. The minimum absolute atomic E-state index is 0.463. The normalized spacial score (nSPS) is 10.8. The summed E-state index contributed by atoms with van der Waals surface area (Å²) in [5, 5.41) is 3.90. The molecular formula is C13H13N5O. The number of aromatic amines is 1. The van der Waals surface area contributed by atoms with E-state index in [1.54, 1.807) is 12.4 Å². The molecular weight excluding hydrogens is 242 g/mol. The molecule has 96 valence electrons. The summed E-state index contributed by atoms with van der Waals surface area (Å²) in [6, 6.07) is 7.95. The predicted octanol–water partition coefficient (Wildman–Crippen LogP) is 1.51. The standard InChI is InChI=1S/C13H13N5O/c14-8-10-4-2-1-3-9(10)7-11-17-13(18-19-11)12-15-5-6-16-12/h1-6H,7-8,14H2,(H,15,16). The van der Waals surface area contributed by atoms with Gasteiger partial charge in [-0.15, -0.1) is 0 Å². The van der Waals surface area contributed by atoms with Gasteiger partial charge in [0.15, 0.2) is 5.82 Å². The second-order valence-electron chi connectivity index (χ2n) is 4.10. The molecule has 3 aromatic rings. The number of imidazole rings is 1. The van der Waals surface area contributed by atoms with E-state index in [0.717, 1.165) is 11.1 Å². The highest BCUT2D eigenvalue weighted by atomic mass is 16.5. The lowest BCUT2D eigenvalue weighted by atomic mass is 10.0. The van der Waals surface area contributed by atoms with Crippen molar-refractivity contribution in [3.05, 3.63) is 53.7 Å². The van der Waals surface area contributed by atoms with Gasteiger partial charge in [-0.1, -0.05) is 29.4 Å². The highest BCUT2D eigenvalue weighted by Crippen LogP contribution is 2.15. The molecule has 0 unspecified atom stereocenters. The van der Waals surface area contributed by atoms with Crippen LogP contribution in [0.4, 0.5) is 0 Å². The summed E-state index contributed by atoms with van der Waals surface area (Å²) in [5.41, 5.74) is 7.89. The van der Waals surface area contributed by atoms with Crippen LogP contribution >= 0.6 is 0 Å². The van der Waals surface area contributed by atoms with E-state index in [2.05, 4.69) is 20.1 Å². The van der Waals surface area contributed by atoms with Gasteiger partial charge in [-0.25, -0.2) is 4.98 Å². The van der Waals surface area contributed by atoms with Crippen molar-refractivity contribution in [2.45, 2.75) is 13.0 Å². The lowest BCUT2D eigenvalue weighted by Gasteiger charge is -2.03. The van der Waals surface area contributed by atoms with Gasteiger partial charge in [0, 0.05) is 18.9 Å². The van der Waals surface area contributed by atoms with Crippen LogP contribution in [0.25, 0.3) is 11.6 Å². The zero-order valence-electron chi connectivity index (χ0n) is 10.2. The predicted molar refractivity (Wildman–Crippen MR) is 69.0 cm³/mol. The lowest BCUT2D eigenvalue weighted by molar-refractivity contribution is 0.385. The Balaban J connectivity index is 1.84. The molecule has 0 atom stereocenters. The van der Waals surface area contributed by atoms with E-state index < -0.39 is 0 Å². The molecule has 2 aromatic heterocycles. The van der Waals surface area contributed by atoms with E-state index in [4.69, 9.17) is 10.3 Å². The maximum Gasteiger partial charge on any atom is 0.238 e. The third-order valence-electron chi connectivity index (χ3n) is 2.86. The van der Waals surface area contributed by atoms with Gasteiger partial charge in [0.1, 0.15) is 0 Å². The summed E-state index contributed by atoms with van der Waals surface area (Å²) >= 11 is 0. The van der Waals surface area contributed by atoms with E-state index in [1.165, 1.54) is 0 Å². The molecule has 3 rings (SSSR count). The molecule has 0 bridgehead atoms. The maximum absolute atomic E-state index is 5.71. The SMILES string of the molecule is NCc1ccccc1Cc1nc(-c2ncc[nH]2)no1. The number of hydrogen-bond donors (Lipinski definition) is 2. The summed E-state index contributed by atoms with van der Waals surface area (Å²) in [5.74, 6) is 1.61. The molecule has 0 fully saturated rings. The molecule has 0 saturated heterocycles. The van der Waals surface area contributed by atoms with Crippen LogP contribution in [-0.4, -0.2) is 20.1 Å². The van der Waals surface area contributed by atoms with Crippen molar-refractivity contribution < 1.29 is 4.52 Å². The van der Waals surface area contributed by atoms with Crippen LogP contribution < -0.4 is 5.73 Å². The van der Waals surface area contributed by atoms with Crippen molar-refractivity contribution >= 4 is 0 Å². The minimum atomic E-state index is 0.463. The first-order valence-electron chi connectivity index (χ1n) is 5.96. The first-order valence-corrected chi connectivity index (χ1v) is 5.96. The highest BCUT2D eigenvalue weighted by molar-refractivity contribution is 5.41. The topological polar surface area (TPSA) is 93.6 Å². The van der Waals surface area contributed by atoms with Crippen molar-refractivity contribution in [3.63, 3.8) is 0 Å². The Morgan fingerprint density at radius 1 is 1.21 bits per heavy atom. The van der Waals surface area contributed by atoms with Crippen LogP contribution in [0, 0.1) is 0 Å². The molecule has 0 aliphatic heterocycles. The average molecular weight is 255 g/mol. The smallest absolute Gasteiger partial charge is 0.238 e. The Morgan fingerprint density at radius 2 is 2.05 bits per heavy atom. The third-order valence-corrected chi connectivity index (χ3v) is 2.86. The molecule has 0 spiro atoms. The van der Waals surface area contributed by atoms with Gasteiger partial charge in [-0.3, -0.25) is 0 Å². The first kappa shape index (κ1) is 11.6. The second-order valence-corrected chi connectivity index (χ2v) is 4.10. The number of rotatable bonds is 4. The molecule has 1 aromatic carbocycles. The Labute approximate surface area is 109 Å². The monoisotopic (exact) mass is 255 g/mol. The number of nitrogens with two attached hydrogens (primary N) is 1. The van der Waals surface area contributed by atoms with Crippen LogP contribution in [0.5, 0.6) is 0 Å². The van der Waals surface area contributed by atoms with Gasteiger partial charge in [0.05, 0.1) is 6.42 Å². The third kappa shape index (κ3) is 2.38. The van der Waals surface area contributed by atoms with Crippen LogP contribution in [0.15, 0.2) is 41.2 Å².